The monoisotopic (exact) mass is 368 g/mol. The molecule has 2 nitrogen and oxygen atoms in total. The summed E-state index contributed by atoms with van der Waals surface area (Å²) in [5, 5.41) is 0. The Morgan fingerprint density at radius 2 is 1.15 bits per heavy atom. The molecule has 0 spiro atoms. The number of hydrogen-bond donors (Lipinski definition) is 0. The second-order valence-electron chi connectivity index (χ2n) is 8.38. The Kier molecular flexibility index (Phi) is 18.8. The van der Waals surface area contributed by atoms with Gasteiger partial charge in [-0.3, -0.25) is 4.79 Å². The fourth-order valence-electron chi connectivity index (χ4n) is 3.35. The third kappa shape index (κ3) is 18.3. The Bertz CT molecular complexity index is 301. The van der Waals surface area contributed by atoms with Crippen LogP contribution in [-0.2, 0) is 9.53 Å². The van der Waals surface area contributed by atoms with Crippen LogP contribution in [-0.4, -0.2) is 12.1 Å². The number of hydrogen-bond acceptors (Lipinski definition) is 2. The lowest BCUT2D eigenvalue weighted by Gasteiger charge is -2.15. The molecule has 0 saturated carbocycles. The van der Waals surface area contributed by atoms with Crippen LogP contribution in [0.4, 0.5) is 0 Å². The molecule has 0 N–H and O–H groups in total. The van der Waals surface area contributed by atoms with Crippen molar-refractivity contribution in [1.29, 1.82) is 0 Å². The highest BCUT2D eigenvalue weighted by Crippen LogP contribution is 2.15. The zero-order chi connectivity index (χ0) is 19.5. The van der Waals surface area contributed by atoms with E-state index < -0.39 is 0 Å². The molecule has 26 heavy (non-hydrogen) atoms. The molecule has 156 valence electrons. The van der Waals surface area contributed by atoms with Crippen LogP contribution in [0.3, 0.4) is 0 Å². The van der Waals surface area contributed by atoms with Gasteiger partial charge in [-0.1, -0.05) is 104 Å². The van der Waals surface area contributed by atoms with Gasteiger partial charge in [0, 0.05) is 6.42 Å². The molecule has 0 aromatic carbocycles. The van der Waals surface area contributed by atoms with E-state index in [0.717, 1.165) is 25.2 Å². The number of carbonyl (C=O) groups is 1. The minimum Gasteiger partial charge on any atom is -0.463 e. The molecule has 0 heterocycles. The van der Waals surface area contributed by atoms with Crippen molar-refractivity contribution in [2.24, 2.45) is 5.92 Å². The Hall–Kier alpha value is -0.530. The van der Waals surface area contributed by atoms with Crippen molar-refractivity contribution in [3.63, 3.8) is 0 Å². The number of esters is 1. The first-order valence-electron chi connectivity index (χ1n) is 11.8. The van der Waals surface area contributed by atoms with E-state index in [-0.39, 0.29) is 12.1 Å². The molecule has 0 aliphatic heterocycles. The molecule has 0 amide bonds. The predicted molar refractivity (Wildman–Crippen MR) is 115 cm³/mol. The van der Waals surface area contributed by atoms with Gasteiger partial charge in [0.2, 0.25) is 0 Å². The van der Waals surface area contributed by atoms with Crippen LogP contribution < -0.4 is 0 Å². The second kappa shape index (κ2) is 19.2. The summed E-state index contributed by atoms with van der Waals surface area (Å²) < 4.78 is 5.51. The molecule has 0 bridgehead atoms. The van der Waals surface area contributed by atoms with Crippen molar-refractivity contribution in [2.75, 3.05) is 0 Å². The van der Waals surface area contributed by atoms with Crippen molar-refractivity contribution < 1.29 is 9.53 Å². The lowest BCUT2D eigenvalue weighted by Crippen LogP contribution is -2.15. The molecule has 0 fully saturated rings. The summed E-state index contributed by atoms with van der Waals surface area (Å²) in [4.78, 5) is 11.8. The Morgan fingerprint density at radius 3 is 1.62 bits per heavy atom. The molecule has 0 aliphatic rings. The van der Waals surface area contributed by atoms with Gasteiger partial charge in [0.15, 0.2) is 0 Å². The van der Waals surface area contributed by atoms with Gasteiger partial charge in [0.25, 0.3) is 0 Å². The van der Waals surface area contributed by atoms with Crippen molar-refractivity contribution in [1.82, 2.24) is 0 Å². The smallest absolute Gasteiger partial charge is 0.306 e. The molecule has 2 heteroatoms. The van der Waals surface area contributed by atoms with Gasteiger partial charge in [0.1, 0.15) is 0 Å². The van der Waals surface area contributed by atoms with Crippen LogP contribution in [0.25, 0.3) is 0 Å². The fourth-order valence-corrected chi connectivity index (χ4v) is 3.35. The summed E-state index contributed by atoms with van der Waals surface area (Å²) in [6, 6.07) is 0. The lowest BCUT2D eigenvalue weighted by molar-refractivity contribution is -0.148. The van der Waals surface area contributed by atoms with Gasteiger partial charge >= 0.3 is 5.97 Å². The number of ether oxygens (including phenoxy) is 1. The average molecular weight is 369 g/mol. The summed E-state index contributed by atoms with van der Waals surface area (Å²) in [6.45, 7) is 8.79. The highest BCUT2D eigenvalue weighted by atomic mass is 16.5. The molecule has 0 aromatic heterocycles. The largest absolute Gasteiger partial charge is 0.463 e. The zero-order valence-electron chi connectivity index (χ0n) is 18.5. The van der Waals surface area contributed by atoms with Crippen LogP contribution in [0.1, 0.15) is 137 Å². The van der Waals surface area contributed by atoms with E-state index in [1.165, 1.54) is 83.5 Å². The van der Waals surface area contributed by atoms with Gasteiger partial charge in [-0.25, -0.2) is 0 Å². The second-order valence-corrected chi connectivity index (χ2v) is 8.38. The Balaban J connectivity index is 3.30. The van der Waals surface area contributed by atoms with Gasteiger partial charge < -0.3 is 4.74 Å². The maximum Gasteiger partial charge on any atom is 0.306 e. The van der Waals surface area contributed by atoms with Crippen molar-refractivity contribution in [3.8, 4) is 0 Å². The van der Waals surface area contributed by atoms with Crippen molar-refractivity contribution in [3.05, 3.63) is 0 Å². The van der Waals surface area contributed by atoms with Crippen LogP contribution in [0.15, 0.2) is 0 Å². The first kappa shape index (κ1) is 25.5. The third-order valence-corrected chi connectivity index (χ3v) is 5.58. The minimum atomic E-state index is 0.00437. The first-order valence-corrected chi connectivity index (χ1v) is 11.8. The highest BCUT2D eigenvalue weighted by Gasteiger charge is 2.10. The topological polar surface area (TPSA) is 26.3 Å². The highest BCUT2D eigenvalue weighted by molar-refractivity contribution is 5.69. The molecule has 0 saturated heterocycles. The maximum absolute atomic E-state index is 11.8. The van der Waals surface area contributed by atoms with E-state index >= 15 is 0 Å². The molecule has 0 aromatic rings. The fraction of sp³-hybridized carbons (Fsp3) is 0.958. The molecule has 2 atom stereocenters. The van der Waals surface area contributed by atoms with Crippen LogP contribution in [0, 0.1) is 5.92 Å². The van der Waals surface area contributed by atoms with Gasteiger partial charge in [-0.15, -0.1) is 0 Å². The zero-order valence-corrected chi connectivity index (χ0v) is 18.5. The van der Waals surface area contributed by atoms with E-state index in [9.17, 15) is 4.79 Å². The summed E-state index contributed by atoms with van der Waals surface area (Å²) in [5.74, 6) is 0.738. The van der Waals surface area contributed by atoms with Crippen LogP contribution in [0.5, 0.6) is 0 Å². The van der Waals surface area contributed by atoms with Crippen LogP contribution in [0.2, 0.25) is 0 Å². The Labute approximate surface area is 164 Å². The predicted octanol–water partition coefficient (Wildman–Crippen LogP) is 8.23. The van der Waals surface area contributed by atoms with E-state index in [0.29, 0.717) is 6.42 Å². The summed E-state index contributed by atoms with van der Waals surface area (Å²) in [7, 11) is 0. The molecule has 0 aliphatic carbocycles. The number of rotatable bonds is 19. The molecular formula is C24H48O2. The molecule has 0 rings (SSSR count). The van der Waals surface area contributed by atoms with Crippen LogP contribution >= 0.6 is 0 Å². The van der Waals surface area contributed by atoms with E-state index in [2.05, 4.69) is 20.8 Å². The minimum absolute atomic E-state index is 0.00437. The molecule has 2 unspecified atom stereocenters. The van der Waals surface area contributed by atoms with E-state index in [1.807, 2.05) is 6.92 Å². The van der Waals surface area contributed by atoms with Gasteiger partial charge in [0.05, 0.1) is 6.10 Å². The number of carbonyl (C=O) groups excluding carboxylic acids is 1. The third-order valence-electron chi connectivity index (χ3n) is 5.58. The standard InChI is InChI=1S/C24H48O2/c1-5-7-8-9-10-11-12-13-14-15-16-17-18-19-24(25)26-23(4)21-20-22(3)6-2/h22-23H,5-21H2,1-4H3. The molecule has 0 radical (unpaired) electrons. The van der Waals surface area contributed by atoms with Gasteiger partial charge in [-0.05, 0) is 32.1 Å². The average Bonchev–Trinajstić information content (AvgIpc) is 2.63. The quantitative estimate of drug-likeness (QED) is 0.169. The van der Waals surface area contributed by atoms with E-state index in [1.54, 1.807) is 0 Å². The normalized spacial score (nSPS) is 13.5. The van der Waals surface area contributed by atoms with Crippen molar-refractivity contribution in [2.45, 2.75) is 143 Å². The Morgan fingerprint density at radius 1 is 0.692 bits per heavy atom. The maximum atomic E-state index is 11.8. The lowest BCUT2D eigenvalue weighted by atomic mass is 10.0. The SMILES string of the molecule is CCCCCCCCCCCCCCCC(=O)OC(C)CCC(C)CC. The summed E-state index contributed by atoms with van der Waals surface area (Å²) in [6.07, 6.45) is 21.4. The van der Waals surface area contributed by atoms with Gasteiger partial charge in [-0.2, -0.15) is 0 Å². The van der Waals surface area contributed by atoms with E-state index in [4.69, 9.17) is 4.74 Å². The first-order chi connectivity index (χ1) is 12.6. The summed E-state index contributed by atoms with van der Waals surface area (Å²) >= 11 is 0. The molecular weight excluding hydrogens is 320 g/mol. The van der Waals surface area contributed by atoms with Crippen molar-refractivity contribution >= 4 is 5.97 Å². The number of unbranched alkanes of at least 4 members (excludes halogenated alkanes) is 12. The summed E-state index contributed by atoms with van der Waals surface area (Å²) in [5.41, 5.74) is 0.